The minimum absolute atomic E-state index is 0.0610. The van der Waals surface area contributed by atoms with Gasteiger partial charge in [0.1, 0.15) is 0 Å². The lowest BCUT2D eigenvalue weighted by Gasteiger charge is -2.28. The van der Waals surface area contributed by atoms with Crippen LogP contribution in [-0.4, -0.2) is 10.3 Å². The topological polar surface area (TPSA) is 0 Å². The van der Waals surface area contributed by atoms with E-state index in [4.69, 9.17) is 23.2 Å². The summed E-state index contributed by atoms with van der Waals surface area (Å²) in [5.74, 6) is 0. The predicted octanol–water partition coefficient (Wildman–Crippen LogP) is 3.50. The molecule has 0 saturated heterocycles. The van der Waals surface area contributed by atoms with Crippen molar-refractivity contribution in [3.63, 3.8) is 0 Å². The molecule has 0 fully saturated rings. The lowest BCUT2D eigenvalue weighted by molar-refractivity contribution is 0.627. The van der Waals surface area contributed by atoms with Gasteiger partial charge in [-0.25, -0.2) is 0 Å². The average Bonchev–Trinajstić information content (AvgIpc) is 1.96. The van der Waals surface area contributed by atoms with Crippen LogP contribution in [0.2, 0.25) is 0 Å². The van der Waals surface area contributed by atoms with E-state index in [9.17, 15) is 0 Å². The highest BCUT2D eigenvalue weighted by Gasteiger charge is 2.31. The molecule has 0 aromatic rings. The van der Waals surface area contributed by atoms with Crippen molar-refractivity contribution in [2.24, 2.45) is 0 Å². The lowest BCUT2D eigenvalue weighted by atomic mass is 9.94. The first-order valence-electron chi connectivity index (χ1n) is 3.88. The molecular weight excluding hydrogens is 179 g/mol. The number of allylic oxidation sites excluding steroid dienone is 4. The van der Waals surface area contributed by atoms with Crippen LogP contribution in [0.5, 0.6) is 0 Å². The number of hydrogen-bond donors (Lipinski definition) is 0. The molecule has 0 bridgehead atoms. The fraction of sp³-hybridized carbons (Fsp3) is 0.556. The molecule has 1 aliphatic rings. The van der Waals surface area contributed by atoms with Gasteiger partial charge in [-0.1, -0.05) is 37.6 Å². The molecule has 0 aliphatic heterocycles. The first kappa shape index (κ1) is 9.15. The summed E-state index contributed by atoms with van der Waals surface area (Å²) in [5, 5.41) is -0.0610. The molecule has 2 unspecified atom stereocenters. The molecule has 1 rings (SSSR count). The van der Waals surface area contributed by atoms with Gasteiger partial charge in [0.05, 0.1) is 10.3 Å². The molecule has 1 aliphatic carbocycles. The van der Waals surface area contributed by atoms with Gasteiger partial charge in [0, 0.05) is 0 Å². The number of hydrogen-bond acceptors (Lipinski definition) is 0. The van der Waals surface area contributed by atoms with Gasteiger partial charge in [-0.2, -0.15) is 0 Å². The van der Waals surface area contributed by atoms with E-state index >= 15 is 0 Å². The Kier molecular flexibility index (Phi) is 3.03. The first-order chi connectivity index (χ1) is 5.19. The van der Waals surface area contributed by atoms with E-state index in [1.807, 2.05) is 24.3 Å². The molecule has 0 amide bonds. The van der Waals surface area contributed by atoms with Crippen molar-refractivity contribution in [3.8, 4) is 0 Å². The third-order valence-corrected chi connectivity index (χ3v) is 3.05. The molecule has 0 saturated carbocycles. The van der Waals surface area contributed by atoms with E-state index in [0.717, 1.165) is 12.8 Å². The molecule has 0 aromatic carbocycles. The summed E-state index contributed by atoms with van der Waals surface area (Å²) < 4.78 is 0. The van der Waals surface area contributed by atoms with Crippen molar-refractivity contribution in [2.45, 2.75) is 30.0 Å². The number of alkyl halides is 2. The largest absolute Gasteiger partial charge is 0.116 e. The standard InChI is InChI=1S/C9H12Cl2/c1-2-6-9(11)7-4-3-5-8(9)10/h3-5,7-8H,2,6H2,1H3. The molecule has 62 valence electrons. The van der Waals surface area contributed by atoms with Gasteiger partial charge in [-0.15, -0.1) is 23.2 Å². The minimum Gasteiger partial charge on any atom is -0.116 e. The third-order valence-electron chi connectivity index (χ3n) is 1.86. The van der Waals surface area contributed by atoms with E-state index in [1.54, 1.807) is 0 Å². The summed E-state index contributed by atoms with van der Waals surface area (Å²) in [4.78, 5) is -0.342. The van der Waals surface area contributed by atoms with Crippen LogP contribution in [0.25, 0.3) is 0 Å². The highest BCUT2D eigenvalue weighted by Crippen LogP contribution is 2.34. The maximum atomic E-state index is 6.26. The van der Waals surface area contributed by atoms with Crippen LogP contribution in [0, 0.1) is 0 Å². The van der Waals surface area contributed by atoms with Gasteiger partial charge < -0.3 is 0 Å². The van der Waals surface area contributed by atoms with E-state index in [-0.39, 0.29) is 10.3 Å². The van der Waals surface area contributed by atoms with Gasteiger partial charge in [0.2, 0.25) is 0 Å². The van der Waals surface area contributed by atoms with Crippen LogP contribution in [-0.2, 0) is 0 Å². The fourth-order valence-corrected chi connectivity index (χ4v) is 1.83. The summed E-state index contributed by atoms with van der Waals surface area (Å²) in [6.45, 7) is 2.11. The maximum Gasteiger partial charge on any atom is 0.0827 e. The molecule has 0 aromatic heterocycles. The van der Waals surface area contributed by atoms with E-state index < -0.39 is 0 Å². The molecule has 11 heavy (non-hydrogen) atoms. The fourth-order valence-electron chi connectivity index (χ4n) is 1.23. The van der Waals surface area contributed by atoms with Crippen LogP contribution in [0.3, 0.4) is 0 Å². The summed E-state index contributed by atoms with van der Waals surface area (Å²) in [7, 11) is 0. The Labute approximate surface area is 77.9 Å². The quantitative estimate of drug-likeness (QED) is 0.586. The first-order valence-corrected chi connectivity index (χ1v) is 4.69. The molecule has 0 radical (unpaired) electrons. The summed E-state index contributed by atoms with van der Waals surface area (Å²) in [5.41, 5.74) is 0. The Balaban J connectivity index is 2.68. The van der Waals surface area contributed by atoms with E-state index in [1.165, 1.54) is 0 Å². The Morgan fingerprint density at radius 3 is 2.73 bits per heavy atom. The van der Waals surface area contributed by atoms with E-state index in [0.29, 0.717) is 0 Å². The van der Waals surface area contributed by atoms with Crippen molar-refractivity contribution in [2.75, 3.05) is 0 Å². The second-order valence-corrected chi connectivity index (χ2v) is 4.00. The van der Waals surface area contributed by atoms with Crippen LogP contribution >= 0.6 is 23.2 Å². The van der Waals surface area contributed by atoms with Gasteiger partial charge >= 0.3 is 0 Å². The Hall–Kier alpha value is 0.0600. The van der Waals surface area contributed by atoms with Crippen LogP contribution < -0.4 is 0 Å². The van der Waals surface area contributed by atoms with Crippen molar-refractivity contribution in [1.82, 2.24) is 0 Å². The molecular formula is C9H12Cl2. The number of rotatable bonds is 2. The Morgan fingerprint density at radius 1 is 1.45 bits per heavy atom. The monoisotopic (exact) mass is 190 g/mol. The third kappa shape index (κ3) is 2.00. The van der Waals surface area contributed by atoms with Crippen molar-refractivity contribution < 1.29 is 0 Å². The van der Waals surface area contributed by atoms with Gasteiger partial charge in [-0.05, 0) is 6.42 Å². The molecule has 0 nitrogen and oxygen atoms in total. The highest BCUT2D eigenvalue weighted by atomic mass is 35.5. The van der Waals surface area contributed by atoms with Gasteiger partial charge in [-0.3, -0.25) is 0 Å². The smallest absolute Gasteiger partial charge is 0.0827 e. The molecule has 2 atom stereocenters. The van der Waals surface area contributed by atoms with E-state index in [2.05, 4.69) is 6.92 Å². The zero-order valence-electron chi connectivity index (χ0n) is 6.56. The molecule has 0 N–H and O–H groups in total. The average molecular weight is 191 g/mol. The van der Waals surface area contributed by atoms with Crippen LogP contribution in [0.15, 0.2) is 24.3 Å². The summed E-state index contributed by atoms with van der Waals surface area (Å²) >= 11 is 12.3. The number of halogens is 2. The zero-order valence-corrected chi connectivity index (χ0v) is 8.07. The van der Waals surface area contributed by atoms with Gasteiger partial charge in [0.15, 0.2) is 0 Å². The summed E-state index contributed by atoms with van der Waals surface area (Å²) in [6, 6.07) is 0. The SMILES string of the molecule is CCCC1(Cl)C=CC=CC1Cl. The second kappa shape index (κ2) is 3.64. The highest BCUT2D eigenvalue weighted by molar-refractivity contribution is 6.34. The Morgan fingerprint density at radius 2 is 2.18 bits per heavy atom. The van der Waals surface area contributed by atoms with Gasteiger partial charge in [0.25, 0.3) is 0 Å². The molecule has 2 heteroatoms. The lowest BCUT2D eigenvalue weighted by Crippen LogP contribution is -2.30. The van der Waals surface area contributed by atoms with Crippen molar-refractivity contribution in [1.29, 1.82) is 0 Å². The molecule has 0 heterocycles. The molecule has 0 spiro atoms. The van der Waals surface area contributed by atoms with Crippen molar-refractivity contribution >= 4 is 23.2 Å². The minimum atomic E-state index is -0.342. The zero-order chi connectivity index (χ0) is 8.32. The maximum absolute atomic E-state index is 6.26. The Bertz CT molecular complexity index is 184. The normalized spacial score (nSPS) is 36.1. The van der Waals surface area contributed by atoms with Crippen LogP contribution in [0.4, 0.5) is 0 Å². The second-order valence-electron chi connectivity index (χ2n) is 2.82. The van der Waals surface area contributed by atoms with Crippen LogP contribution in [0.1, 0.15) is 19.8 Å². The summed E-state index contributed by atoms with van der Waals surface area (Å²) in [6.07, 6.45) is 9.81. The van der Waals surface area contributed by atoms with Crippen molar-refractivity contribution in [3.05, 3.63) is 24.3 Å². The predicted molar refractivity (Wildman–Crippen MR) is 51.4 cm³/mol.